The number of hydrogen-bond acceptors (Lipinski definition) is 0. The highest BCUT2D eigenvalue weighted by molar-refractivity contribution is 5.48. The summed E-state index contributed by atoms with van der Waals surface area (Å²) in [5.41, 5.74) is 13.3. The summed E-state index contributed by atoms with van der Waals surface area (Å²) in [4.78, 5) is 0. The van der Waals surface area contributed by atoms with Crippen LogP contribution in [0.25, 0.3) is 0 Å². The summed E-state index contributed by atoms with van der Waals surface area (Å²) in [5, 5.41) is 0. The molecule has 0 aliphatic carbocycles. The minimum absolute atomic E-state index is 0.616. The maximum atomic E-state index is 3.56. The standard InChI is InChI=1S/C17H28.C13H20.C4H8.C2H6.C2H4/c1-10(2)15-9-16(11(3)4)14(8)17(12(5)6)13(15)7;1-9(2)12-7-6-8-13(10(3)4)11(12)5;1-4(2)3;2*1-2/h9-12H,1-8H3;6-10H,1-5H3;1H2,2-3H3;1-2H3;1-2H2. The Hall–Kier alpha value is -2.08. The first-order valence-corrected chi connectivity index (χ1v) is 14.9. The molecule has 0 heteroatoms. The number of allylic oxidation sites excluding steroid dienone is 1. The van der Waals surface area contributed by atoms with Crippen LogP contribution >= 0.6 is 0 Å². The Balaban J connectivity index is -0.000000516. The Morgan fingerprint density at radius 3 is 1.00 bits per heavy atom. The fourth-order valence-corrected chi connectivity index (χ4v) is 4.96. The molecule has 0 aliphatic heterocycles. The summed E-state index contributed by atoms with van der Waals surface area (Å²) < 4.78 is 0. The van der Waals surface area contributed by atoms with E-state index in [1.54, 1.807) is 5.56 Å². The highest BCUT2D eigenvalue weighted by Gasteiger charge is 2.17. The molecule has 0 saturated heterocycles. The van der Waals surface area contributed by atoms with Crippen LogP contribution in [-0.4, -0.2) is 0 Å². The number of hydrogen-bond donors (Lipinski definition) is 0. The number of rotatable bonds is 5. The second-order valence-corrected chi connectivity index (χ2v) is 11.8. The van der Waals surface area contributed by atoms with E-state index in [4.69, 9.17) is 0 Å². The van der Waals surface area contributed by atoms with Crippen LogP contribution in [-0.2, 0) is 0 Å². The van der Waals surface area contributed by atoms with Crippen LogP contribution in [0.2, 0.25) is 0 Å². The summed E-state index contributed by atoms with van der Waals surface area (Å²) in [6.45, 7) is 47.2. The van der Waals surface area contributed by atoms with E-state index in [-0.39, 0.29) is 0 Å². The summed E-state index contributed by atoms with van der Waals surface area (Å²) in [6, 6.07) is 9.10. The molecule has 2 rings (SSSR count). The fraction of sp³-hybridized carbons (Fsp3) is 0.579. The lowest BCUT2D eigenvalue weighted by Gasteiger charge is -2.24. The van der Waals surface area contributed by atoms with Crippen LogP contribution in [0.4, 0.5) is 0 Å². The van der Waals surface area contributed by atoms with Crippen LogP contribution in [0.1, 0.15) is 171 Å². The van der Waals surface area contributed by atoms with Crippen molar-refractivity contribution in [2.75, 3.05) is 0 Å². The van der Waals surface area contributed by atoms with Crippen molar-refractivity contribution in [3.63, 3.8) is 0 Å². The zero-order chi connectivity index (χ0) is 30.9. The Morgan fingerprint density at radius 1 is 0.526 bits per heavy atom. The maximum absolute atomic E-state index is 3.56. The lowest BCUT2D eigenvalue weighted by molar-refractivity contribution is 0.779. The Kier molecular flexibility index (Phi) is 22.2. The molecule has 0 bridgehead atoms. The number of benzene rings is 2. The molecule has 0 spiro atoms. The Morgan fingerprint density at radius 2 is 0.789 bits per heavy atom. The SMILES string of the molecule is C=C.C=C(C)C.CC.Cc1c(C(C)C)cc(C(C)C)c(C)c1C(C)C.Cc1c(C(C)C)cccc1C(C)C. The lowest BCUT2D eigenvalue weighted by Crippen LogP contribution is -2.07. The normalized spacial score (nSPS) is 10.2. The van der Waals surface area contributed by atoms with Crippen LogP contribution in [0.5, 0.6) is 0 Å². The van der Waals surface area contributed by atoms with E-state index >= 15 is 0 Å². The van der Waals surface area contributed by atoms with Crippen molar-refractivity contribution in [1.29, 1.82) is 0 Å². The molecule has 2 aromatic carbocycles. The van der Waals surface area contributed by atoms with E-state index in [2.05, 4.69) is 134 Å². The van der Waals surface area contributed by atoms with Gasteiger partial charge in [0.15, 0.2) is 0 Å². The first-order chi connectivity index (χ1) is 17.5. The average Bonchev–Trinajstić information content (AvgIpc) is 2.81. The molecule has 0 fully saturated rings. The van der Waals surface area contributed by atoms with Crippen molar-refractivity contribution >= 4 is 0 Å². The molecule has 0 amide bonds. The van der Waals surface area contributed by atoms with Gasteiger partial charge in [-0.2, -0.15) is 0 Å². The van der Waals surface area contributed by atoms with Gasteiger partial charge in [-0.15, -0.1) is 19.7 Å². The molecule has 0 aromatic heterocycles. The molecule has 0 nitrogen and oxygen atoms in total. The van der Waals surface area contributed by atoms with E-state index in [1.807, 2.05) is 27.7 Å². The summed E-state index contributed by atoms with van der Waals surface area (Å²) >= 11 is 0. The third-order valence-corrected chi connectivity index (χ3v) is 6.47. The van der Waals surface area contributed by atoms with Gasteiger partial charge in [-0.25, -0.2) is 0 Å². The molecule has 0 saturated carbocycles. The Labute approximate surface area is 241 Å². The van der Waals surface area contributed by atoms with E-state index in [9.17, 15) is 0 Å². The molecule has 0 radical (unpaired) electrons. The summed E-state index contributed by atoms with van der Waals surface area (Å²) in [7, 11) is 0. The molecule has 0 N–H and O–H groups in total. The molecule has 218 valence electrons. The van der Waals surface area contributed by atoms with Crippen molar-refractivity contribution in [1.82, 2.24) is 0 Å². The molecule has 38 heavy (non-hydrogen) atoms. The van der Waals surface area contributed by atoms with Gasteiger partial charge >= 0.3 is 0 Å². The smallest absolute Gasteiger partial charge is 0.0213 e. The second kappa shape index (κ2) is 20.8. The first-order valence-electron chi connectivity index (χ1n) is 14.9. The van der Waals surface area contributed by atoms with Crippen molar-refractivity contribution in [3.05, 3.63) is 94.1 Å². The van der Waals surface area contributed by atoms with Crippen LogP contribution in [0.15, 0.2) is 49.6 Å². The summed E-state index contributed by atoms with van der Waals surface area (Å²) in [6.07, 6.45) is 0. The highest BCUT2D eigenvalue weighted by Crippen LogP contribution is 2.35. The van der Waals surface area contributed by atoms with Gasteiger partial charge in [0.2, 0.25) is 0 Å². The Bertz CT molecular complexity index is 857. The van der Waals surface area contributed by atoms with Crippen molar-refractivity contribution in [2.24, 2.45) is 0 Å². The quantitative estimate of drug-likeness (QED) is 0.342. The highest BCUT2D eigenvalue weighted by atomic mass is 14.2. The molecule has 0 aliphatic rings. The van der Waals surface area contributed by atoms with Crippen molar-refractivity contribution < 1.29 is 0 Å². The molecule has 0 unspecified atom stereocenters. The molecule has 0 heterocycles. The second-order valence-electron chi connectivity index (χ2n) is 11.8. The van der Waals surface area contributed by atoms with Gasteiger partial charge in [0.25, 0.3) is 0 Å². The third kappa shape index (κ3) is 13.6. The van der Waals surface area contributed by atoms with Gasteiger partial charge in [0.1, 0.15) is 0 Å². The third-order valence-electron chi connectivity index (χ3n) is 6.47. The first kappa shape index (κ1) is 40.4. The summed E-state index contributed by atoms with van der Waals surface area (Å²) in [5.74, 6) is 3.12. The maximum Gasteiger partial charge on any atom is -0.0213 e. The fourth-order valence-electron chi connectivity index (χ4n) is 4.96. The van der Waals surface area contributed by atoms with Crippen LogP contribution < -0.4 is 0 Å². The molecular formula is C38H66. The zero-order valence-corrected chi connectivity index (χ0v) is 28.8. The van der Waals surface area contributed by atoms with Crippen LogP contribution in [0.3, 0.4) is 0 Å². The van der Waals surface area contributed by atoms with Crippen molar-refractivity contribution in [3.8, 4) is 0 Å². The lowest BCUT2D eigenvalue weighted by atomic mass is 9.81. The van der Waals surface area contributed by atoms with Gasteiger partial charge in [-0.05, 0) is 109 Å². The van der Waals surface area contributed by atoms with Gasteiger partial charge < -0.3 is 0 Å². The topological polar surface area (TPSA) is 0 Å². The zero-order valence-electron chi connectivity index (χ0n) is 28.8. The predicted octanol–water partition coefficient (Wildman–Crippen LogP) is 13.3. The van der Waals surface area contributed by atoms with Crippen LogP contribution in [0, 0.1) is 20.8 Å². The predicted molar refractivity (Wildman–Crippen MR) is 181 cm³/mol. The minimum atomic E-state index is 0.616. The van der Waals surface area contributed by atoms with E-state index in [1.165, 1.54) is 44.5 Å². The van der Waals surface area contributed by atoms with Gasteiger partial charge in [0, 0.05) is 0 Å². The molecule has 0 atom stereocenters. The van der Waals surface area contributed by atoms with E-state index in [0.717, 1.165) is 0 Å². The molecule has 2 aromatic rings. The monoisotopic (exact) mass is 523 g/mol. The van der Waals surface area contributed by atoms with E-state index in [0.29, 0.717) is 29.6 Å². The average molecular weight is 523 g/mol. The van der Waals surface area contributed by atoms with Gasteiger partial charge in [0.05, 0.1) is 0 Å². The van der Waals surface area contributed by atoms with Crippen molar-refractivity contribution in [2.45, 2.75) is 147 Å². The molecular weight excluding hydrogens is 456 g/mol. The van der Waals surface area contributed by atoms with E-state index < -0.39 is 0 Å². The minimum Gasteiger partial charge on any atom is -0.106 e. The largest absolute Gasteiger partial charge is 0.106 e. The van der Waals surface area contributed by atoms with Gasteiger partial charge in [-0.1, -0.05) is 113 Å². The van der Waals surface area contributed by atoms with Gasteiger partial charge in [-0.3, -0.25) is 0 Å².